The summed E-state index contributed by atoms with van der Waals surface area (Å²) in [6, 6.07) is 14.1. The van der Waals surface area contributed by atoms with Crippen LogP contribution in [-0.4, -0.2) is 15.9 Å². The molecular weight excluding hydrogens is 389 g/mol. The molecule has 1 saturated carbocycles. The zero-order chi connectivity index (χ0) is 21.2. The van der Waals surface area contributed by atoms with Crippen LogP contribution in [0.2, 0.25) is 0 Å². The summed E-state index contributed by atoms with van der Waals surface area (Å²) in [5.74, 6) is 0.746. The second kappa shape index (κ2) is 8.58. The molecule has 0 saturated heterocycles. The van der Waals surface area contributed by atoms with Gasteiger partial charge in [-0.2, -0.15) is 0 Å². The maximum atomic E-state index is 13.7. The minimum absolute atomic E-state index is 0.168. The summed E-state index contributed by atoms with van der Waals surface area (Å²) in [6.45, 7) is 0. The summed E-state index contributed by atoms with van der Waals surface area (Å²) in [4.78, 5) is 22.7. The number of benzene rings is 2. The molecule has 31 heavy (non-hydrogen) atoms. The highest BCUT2D eigenvalue weighted by atomic mass is 19.1. The summed E-state index contributed by atoms with van der Waals surface area (Å²) in [5, 5.41) is 3.03. The van der Waals surface area contributed by atoms with Gasteiger partial charge in [0.25, 0.3) is 5.91 Å². The van der Waals surface area contributed by atoms with Crippen molar-refractivity contribution in [2.75, 3.05) is 5.32 Å². The van der Waals surface area contributed by atoms with Gasteiger partial charge in [-0.05, 0) is 61.1 Å². The van der Waals surface area contributed by atoms with Crippen LogP contribution in [0, 0.1) is 11.7 Å². The Hall–Kier alpha value is -3.08. The fourth-order valence-corrected chi connectivity index (χ4v) is 4.82. The van der Waals surface area contributed by atoms with Gasteiger partial charge in [0.2, 0.25) is 0 Å². The topological polar surface area (TPSA) is 54.9 Å². The average molecular weight is 416 g/mol. The zero-order valence-electron chi connectivity index (χ0n) is 17.5. The monoisotopic (exact) mass is 415 g/mol. The van der Waals surface area contributed by atoms with Crippen LogP contribution in [0.1, 0.15) is 59.4 Å². The highest BCUT2D eigenvalue weighted by molar-refractivity contribution is 6.04. The molecule has 5 rings (SSSR count). The number of rotatable bonds is 4. The molecule has 0 aliphatic heterocycles. The van der Waals surface area contributed by atoms with E-state index in [1.54, 1.807) is 18.2 Å². The van der Waals surface area contributed by atoms with E-state index in [-0.39, 0.29) is 11.7 Å². The Labute approximate surface area is 181 Å². The molecule has 1 aromatic heterocycles. The lowest BCUT2D eigenvalue weighted by atomic mass is 9.85. The van der Waals surface area contributed by atoms with Crippen LogP contribution >= 0.6 is 0 Å². The normalized spacial score (nSPS) is 15.8. The van der Waals surface area contributed by atoms with Crippen molar-refractivity contribution in [1.82, 2.24) is 9.97 Å². The number of carbonyl (C=O) groups is 1. The Morgan fingerprint density at radius 2 is 1.81 bits per heavy atom. The van der Waals surface area contributed by atoms with Gasteiger partial charge in [0.05, 0.1) is 17.1 Å². The van der Waals surface area contributed by atoms with Gasteiger partial charge in [-0.25, -0.2) is 14.4 Å². The van der Waals surface area contributed by atoms with E-state index in [1.807, 2.05) is 24.3 Å². The minimum Gasteiger partial charge on any atom is -0.305 e. The van der Waals surface area contributed by atoms with E-state index < -0.39 is 0 Å². The molecule has 0 spiro atoms. The molecule has 0 radical (unpaired) electrons. The van der Waals surface area contributed by atoms with Crippen molar-refractivity contribution in [2.45, 2.75) is 51.4 Å². The van der Waals surface area contributed by atoms with Crippen LogP contribution < -0.4 is 5.32 Å². The molecule has 2 aromatic carbocycles. The van der Waals surface area contributed by atoms with Crippen LogP contribution in [0.3, 0.4) is 0 Å². The maximum absolute atomic E-state index is 13.7. The number of hydrogen-bond donors (Lipinski definition) is 1. The molecule has 2 aliphatic carbocycles. The van der Waals surface area contributed by atoms with Crippen molar-refractivity contribution in [2.24, 2.45) is 5.92 Å². The lowest BCUT2D eigenvalue weighted by Gasteiger charge is -2.24. The van der Waals surface area contributed by atoms with Gasteiger partial charge in [-0.15, -0.1) is 0 Å². The fourth-order valence-electron chi connectivity index (χ4n) is 4.82. The van der Waals surface area contributed by atoms with Gasteiger partial charge in [-0.3, -0.25) is 4.79 Å². The summed E-state index contributed by atoms with van der Waals surface area (Å²) in [7, 11) is 0. The number of nitrogens with zero attached hydrogens (tertiary/aromatic N) is 2. The Morgan fingerprint density at radius 1 is 1.00 bits per heavy atom. The summed E-state index contributed by atoms with van der Waals surface area (Å²) < 4.78 is 13.7. The number of halogens is 1. The van der Waals surface area contributed by atoms with E-state index >= 15 is 0 Å². The molecule has 1 N–H and O–H groups in total. The van der Waals surface area contributed by atoms with Crippen molar-refractivity contribution in [3.8, 4) is 11.3 Å². The molecule has 158 valence electrons. The fraction of sp³-hybridized carbons (Fsp3) is 0.346. The van der Waals surface area contributed by atoms with Crippen molar-refractivity contribution in [3.05, 3.63) is 76.9 Å². The molecule has 0 unspecified atom stereocenters. The number of anilines is 1. The first-order chi connectivity index (χ1) is 15.2. The zero-order valence-corrected chi connectivity index (χ0v) is 17.5. The summed E-state index contributed by atoms with van der Waals surface area (Å²) >= 11 is 0. The highest BCUT2D eigenvalue weighted by Gasteiger charge is 2.25. The van der Waals surface area contributed by atoms with Crippen LogP contribution in [0.4, 0.5) is 10.2 Å². The van der Waals surface area contributed by atoms with Gasteiger partial charge in [0.15, 0.2) is 5.82 Å². The van der Waals surface area contributed by atoms with Crippen molar-refractivity contribution >= 4 is 11.7 Å². The molecule has 0 atom stereocenters. The number of aromatic nitrogens is 2. The highest BCUT2D eigenvalue weighted by Crippen LogP contribution is 2.35. The molecule has 0 bridgehead atoms. The average Bonchev–Trinajstić information content (AvgIpc) is 2.80. The first-order valence-corrected chi connectivity index (χ1v) is 11.2. The Kier molecular flexibility index (Phi) is 5.49. The van der Waals surface area contributed by atoms with E-state index in [2.05, 4.69) is 5.32 Å². The number of carbonyl (C=O) groups excluding carboxylic acids is 1. The van der Waals surface area contributed by atoms with Gasteiger partial charge in [0.1, 0.15) is 5.82 Å². The third kappa shape index (κ3) is 4.22. The van der Waals surface area contributed by atoms with E-state index in [0.29, 0.717) is 23.7 Å². The summed E-state index contributed by atoms with van der Waals surface area (Å²) in [5.41, 5.74) is 5.09. The molecule has 4 nitrogen and oxygen atoms in total. The Morgan fingerprint density at radius 3 is 2.61 bits per heavy atom. The number of aryl methyl sites for hydroxylation is 2. The number of hydrogen-bond acceptors (Lipinski definition) is 3. The Bertz CT molecular complexity index is 1110. The third-order valence-corrected chi connectivity index (χ3v) is 6.47. The van der Waals surface area contributed by atoms with Crippen LogP contribution in [0.25, 0.3) is 11.3 Å². The van der Waals surface area contributed by atoms with E-state index in [9.17, 15) is 9.18 Å². The molecule has 3 aromatic rings. The first kappa shape index (κ1) is 19.9. The number of nitrogens with one attached hydrogen (secondary N) is 1. The lowest BCUT2D eigenvalue weighted by Crippen LogP contribution is -2.20. The molecule has 2 aliphatic rings. The SMILES string of the molecule is O=C(Nc1nc2c(nc1CC1CCCCC1)-c1ccc(F)cc1CC2)c1ccccc1. The number of amides is 1. The minimum atomic E-state index is -0.218. The van der Waals surface area contributed by atoms with Gasteiger partial charge in [-0.1, -0.05) is 50.3 Å². The van der Waals surface area contributed by atoms with Crippen molar-refractivity contribution in [1.29, 1.82) is 0 Å². The molecule has 1 fully saturated rings. The van der Waals surface area contributed by atoms with Gasteiger partial charge < -0.3 is 5.32 Å². The second-order valence-electron chi connectivity index (χ2n) is 8.64. The first-order valence-electron chi connectivity index (χ1n) is 11.2. The Balaban J connectivity index is 1.53. The largest absolute Gasteiger partial charge is 0.305 e. The third-order valence-electron chi connectivity index (χ3n) is 6.47. The van der Waals surface area contributed by atoms with E-state index in [4.69, 9.17) is 9.97 Å². The molecule has 1 amide bonds. The number of fused-ring (bicyclic) bond motifs is 3. The predicted octanol–water partition coefficient (Wildman–Crippen LogP) is 5.76. The van der Waals surface area contributed by atoms with E-state index in [1.165, 1.54) is 38.2 Å². The second-order valence-corrected chi connectivity index (χ2v) is 8.64. The van der Waals surface area contributed by atoms with E-state index in [0.717, 1.165) is 41.1 Å². The molecule has 1 heterocycles. The lowest BCUT2D eigenvalue weighted by molar-refractivity contribution is 0.102. The summed E-state index contributed by atoms with van der Waals surface area (Å²) in [6.07, 6.45) is 8.39. The quantitative estimate of drug-likeness (QED) is 0.590. The smallest absolute Gasteiger partial charge is 0.256 e. The van der Waals surface area contributed by atoms with Gasteiger partial charge in [0, 0.05) is 11.1 Å². The van der Waals surface area contributed by atoms with Crippen molar-refractivity contribution in [3.63, 3.8) is 0 Å². The van der Waals surface area contributed by atoms with Crippen molar-refractivity contribution < 1.29 is 9.18 Å². The predicted molar refractivity (Wildman–Crippen MR) is 120 cm³/mol. The standard InChI is InChI=1S/C26H26FN3O/c27-20-12-13-21-19(16-20)11-14-22-24(21)28-23(15-17-7-3-1-4-8-17)25(29-22)30-26(31)18-9-5-2-6-10-18/h2,5-6,9-10,12-13,16-17H,1,3-4,7-8,11,14-15H2,(H,29,30,31). The van der Waals surface area contributed by atoms with Crippen LogP contribution in [0.15, 0.2) is 48.5 Å². The van der Waals surface area contributed by atoms with Crippen LogP contribution in [-0.2, 0) is 19.3 Å². The van der Waals surface area contributed by atoms with Gasteiger partial charge >= 0.3 is 0 Å². The maximum Gasteiger partial charge on any atom is 0.256 e. The molecule has 5 heteroatoms. The van der Waals surface area contributed by atoms with Crippen LogP contribution in [0.5, 0.6) is 0 Å². The molecular formula is C26H26FN3O.